The van der Waals surface area contributed by atoms with Gasteiger partial charge in [-0.1, -0.05) is 60.7 Å². The summed E-state index contributed by atoms with van der Waals surface area (Å²) in [4.78, 5) is 3.97. The predicted molar refractivity (Wildman–Crippen MR) is 141 cm³/mol. The fourth-order valence-electron chi connectivity index (χ4n) is 9.53. The summed E-state index contributed by atoms with van der Waals surface area (Å²) in [5.41, 5.74) is 9.33. The molecule has 1 atom stereocenters. The van der Waals surface area contributed by atoms with Crippen LogP contribution in [0.1, 0.15) is 55.6 Å². The van der Waals surface area contributed by atoms with Gasteiger partial charge in [0.2, 0.25) is 0 Å². The lowest BCUT2D eigenvalue weighted by Gasteiger charge is -2.59. The summed E-state index contributed by atoms with van der Waals surface area (Å²) in [7, 11) is 0. The quantitative estimate of drug-likeness (QED) is 0.268. The van der Waals surface area contributed by atoms with E-state index >= 15 is 0 Å². The van der Waals surface area contributed by atoms with Gasteiger partial charge in [-0.25, -0.2) is 0 Å². The van der Waals surface area contributed by atoms with E-state index in [2.05, 4.69) is 77.8 Å². The molecule has 0 saturated heterocycles. The molecule has 0 aliphatic heterocycles. The maximum Gasteiger partial charge on any atom is 0.0510 e. The molecule has 0 spiro atoms. The lowest BCUT2D eigenvalue weighted by atomic mass is 9.45. The van der Waals surface area contributed by atoms with E-state index < -0.39 is 0 Å². The minimum Gasteiger partial charge on any atom is -0.354 e. The molecule has 34 heavy (non-hydrogen) atoms. The highest BCUT2D eigenvalue weighted by molar-refractivity contribution is 6.14. The highest BCUT2D eigenvalue weighted by Crippen LogP contribution is 2.68. The molecule has 4 saturated carbocycles. The molecule has 1 heteroatoms. The van der Waals surface area contributed by atoms with Crippen LogP contribution in [0.15, 0.2) is 72.8 Å². The monoisotopic (exact) mass is 439 g/mol. The summed E-state index contributed by atoms with van der Waals surface area (Å²) in [6.45, 7) is 0. The molecular weight excluding hydrogens is 410 g/mol. The maximum atomic E-state index is 3.97. The molecule has 1 aromatic heterocycles. The molecule has 5 aliphatic rings. The Balaban J connectivity index is 1.36. The summed E-state index contributed by atoms with van der Waals surface area (Å²) < 4.78 is 0. The Morgan fingerprint density at radius 2 is 1.32 bits per heavy atom. The van der Waals surface area contributed by atoms with Gasteiger partial charge < -0.3 is 4.98 Å². The van der Waals surface area contributed by atoms with Crippen LogP contribution in [0, 0.1) is 23.2 Å². The SMILES string of the molecule is c1ccc2c(c1)-c1ccc3c([nH]c4cc5ccccc5cc43)c1C2C12CC3CC(CC(C3)C1)C2. The van der Waals surface area contributed by atoms with Gasteiger partial charge in [-0.15, -0.1) is 0 Å². The largest absolute Gasteiger partial charge is 0.354 e. The van der Waals surface area contributed by atoms with Crippen LogP contribution in [0.4, 0.5) is 0 Å². The highest BCUT2D eigenvalue weighted by atomic mass is 14.7. The Kier molecular flexibility index (Phi) is 3.30. The first-order chi connectivity index (χ1) is 16.8. The van der Waals surface area contributed by atoms with Crippen molar-refractivity contribution in [1.29, 1.82) is 0 Å². The Labute approximate surface area is 200 Å². The summed E-state index contributed by atoms with van der Waals surface area (Å²) in [5, 5.41) is 5.43. The second-order valence-electron chi connectivity index (χ2n) is 12.1. The molecule has 1 unspecified atom stereocenters. The van der Waals surface area contributed by atoms with Crippen molar-refractivity contribution in [1.82, 2.24) is 4.98 Å². The molecule has 1 N–H and O–H groups in total. The molecular formula is C33H29N. The zero-order valence-corrected chi connectivity index (χ0v) is 19.5. The third-order valence-electron chi connectivity index (χ3n) is 10.2. The van der Waals surface area contributed by atoms with Gasteiger partial charge >= 0.3 is 0 Å². The normalized spacial score (nSPS) is 30.9. The second-order valence-corrected chi connectivity index (χ2v) is 12.1. The van der Waals surface area contributed by atoms with Gasteiger partial charge in [0.25, 0.3) is 0 Å². The van der Waals surface area contributed by atoms with Crippen LogP contribution in [0.25, 0.3) is 43.7 Å². The van der Waals surface area contributed by atoms with Crippen LogP contribution < -0.4 is 0 Å². The summed E-state index contributed by atoms with van der Waals surface area (Å²) >= 11 is 0. The zero-order valence-electron chi connectivity index (χ0n) is 19.5. The Morgan fingerprint density at radius 1 is 0.647 bits per heavy atom. The molecule has 0 radical (unpaired) electrons. The van der Waals surface area contributed by atoms with Gasteiger partial charge in [0, 0.05) is 22.2 Å². The van der Waals surface area contributed by atoms with Crippen molar-refractivity contribution in [3.8, 4) is 11.1 Å². The topological polar surface area (TPSA) is 15.8 Å². The van der Waals surface area contributed by atoms with Crippen LogP contribution in [0.3, 0.4) is 0 Å². The molecule has 0 amide bonds. The number of fused-ring (bicyclic) bond motifs is 8. The van der Waals surface area contributed by atoms with Crippen LogP contribution in [0.5, 0.6) is 0 Å². The van der Waals surface area contributed by atoms with E-state index in [1.165, 1.54) is 82.2 Å². The van der Waals surface area contributed by atoms with Crippen molar-refractivity contribution >= 4 is 32.6 Å². The molecule has 10 rings (SSSR count). The molecule has 1 nitrogen and oxygen atoms in total. The van der Waals surface area contributed by atoms with E-state index in [1.54, 1.807) is 11.1 Å². The number of H-pyrrole nitrogens is 1. The van der Waals surface area contributed by atoms with E-state index in [0.29, 0.717) is 11.3 Å². The fourth-order valence-corrected chi connectivity index (χ4v) is 9.53. The molecule has 5 aliphatic carbocycles. The first-order valence-electron chi connectivity index (χ1n) is 13.3. The minimum absolute atomic E-state index is 0.451. The van der Waals surface area contributed by atoms with E-state index in [1.807, 2.05) is 0 Å². The van der Waals surface area contributed by atoms with E-state index in [4.69, 9.17) is 0 Å². The van der Waals surface area contributed by atoms with Gasteiger partial charge in [-0.2, -0.15) is 0 Å². The lowest BCUT2D eigenvalue weighted by Crippen LogP contribution is -2.48. The van der Waals surface area contributed by atoms with E-state index in [-0.39, 0.29) is 0 Å². The van der Waals surface area contributed by atoms with Gasteiger partial charge in [0.15, 0.2) is 0 Å². The number of benzene rings is 4. The summed E-state index contributed by atoms with van der Waals surface area (Å²) in [6, 6.07) is 27.7. The number of rotatable bonds is 1. The minimum atomic E-state index is 0.451. The van der Waals surface area contributed by atoms with Crippen LogP contribution in [-0.4, -0.2) is 4.98 Å². The van der Waals surface area contributed by atoms with Crippen LogP contribution in [-0.2, 0) is 0 Å². The van der Waals surface area contributed by atoms with Crippen LogP contribution >= 0.6 is 0 Å². The number of hydrogen-bond acceptors (Lipinski definition) is 0. The first-order valence-corrected chi connectivity index (χ1v) is 13.3. The van der Waals surface area contributed by atoms with Gasteiger partial charge in [0.1, 0.15) is 0 Å². The number of hydrogen-bond donors (Lipinski definition) is 1. The van der Waals surface area contributed by atoms with Crippen molar-refractivity contribution in [2.24, 2.45) is 23.2 Å². The summed E-state index contributed by atoms with van der Waals surface area (Å²) in [5.74, 6) is 3.44. The molecule has 4 aromatic carbocycles. The van der Waals surface area contributed by atoms with Gasteiger partial charge in [0.05, 0.1) is 5.52 Å². The molecule has 5 aromatic rings. The Bertz CT molecular complexity index is 1610. The Hall–Kier alpha value is -3.06. The number of nitrogens with one attached hydrogen (secondary N) is 1. The second kappa shape index (κ2) is 6.13. The van der Waals surface area contributed by atoms with Gasteiger partial charge in [-0.05, 0) is 107 Å². The molecule has 166 valence electrons. The number of aromatic amines is 1. The average Bonchev–Trinajstić information content (AvgIpc) is 3.37. The summed E-state index contributed by atoms with van der Waals surface area (Å²) in [6.07, 6.45) is 8.84. The first kappa shape index (κ1) is 18.3. The van der Waals surface area contributed by atoms with Crippen molar-refractivity contribution in [3.63, 3.8) is 0 Å². The third-order valence-corrected chi connectivity index (χ3v) is 10.2. The molecule has 4 bridgehead atoms. The standard InChI is InChI=1S/C33H29N/c1-2-6-23-15-29-28(14-22(23)5-1)27-10-9-25-24-7-3-4-8-26(24)31(30(25)32(27)34-29)33-16-19-11-20(17-33)13-21(12-19)18-33/h1-10,14-15,19-21,31,34H,11-13,16-18H2. The van der Waals surface area contributed by atoms with Crippen molar-refractivity contribution in [2.45, 2.75) is 44.4 Å². The Morgan fingerprint density at radius 3 is 2.09 bits per heavy atom. The van der Waals surface area contributed by atoms with Gasteiger partial charge in [-0.3, -0.25) is 0 Å². The van der Waals surface area contributed by atoms with E-state index in [0.717, 1.165) is 17.8 Å². The van der Waals surface area contributed by atoms with Crippen LogP contribution in [0.2, 0.25) is 0 Å². The van der Waals surface area contributed by atoms with Crippen molar-refractivity contribution in [3.05, 3.63) is 83.9 Å². The highest BCUT2D eigenvalue weighted by Gasteiger charge is 2.56. The van der Waals surface area contributed by atoms with E-state index in [9.17, 15) is 0 Å². The zero-order chi connectivity index (χ0) is 22.0. The lowest BCUT2D eigenvalue weighted by molar-refractivity contribution is -0.0610. The number of aromatic nitrogens is 1. The average molecular weight is 440 g/mol. The third kappa shape index (κ3) is 2.22. The fraction of sp³-hybridized carbons (Fsp3) is 0.333. The molecule has 1 heterocycles. The van der Waals surface area contributed by atoms with Crippen molar-refractivity contribution < 1.29 is 0 Å². The molecule has 4 fully saturated rings. The smallest absolute Gasteiger partial charge is 0.0510 e. The predicted octanol–water partition coefficient (Wildman–Crippen LogP) is 8.80. The van der Waals surface area contributed by atoms with Crippen molar-refractivity contribution in [2.75, 3.05) is 0 Å². The maximum absolute atomic E-state index is 3.97.